The van der Waals surface area contributed by atoms with Crippen LogP contribution in [-0.4, -0.2) is 23.8 Å². The minimum Gasteiger partial charge on any atom is -0.464 e. The third kappa shape index (κ3) is 2.22. The highest BCUT2D eigenvalue weighted by Gasteiger charge is 2.26. The number of ether oxygens (including phenoxy) is 1. The molecule has 0 spiro atoms. The van der Waals surface area contributed by atoms with E-state index in [1.165, 1.54) is 0 Å². The Kier molecular flexibility index (Phi) is 3.63. The summed E-state index contributed by atoms with van der Waals surface area (Å²) < 4.78 is 58.4. The van der Waals surface area contributed by atoms with Crippen molar-refractivity contribution in [3.63, 3.8) is 0 Å². The number of esters is 1. The molecule has 0 unspecified atom stereocenters. The van der Waals surface area contributed by atoms with Gasteiger partial charge in [-0.1, -0.05) is 0 Å². The van der Waals surface area contributed by atoms with E-state index in [2.05, 4.69) is 9.72 Å². The molecule has 1 aromatic heterocycles. The molecule has 0 aliphatic rings. The van der Waals surface area contributed by atoms with Crippen LogP contribution >= 0.6 is 0 Å². The predicted octanol–water partition coefficient (Wildman–Crippen LogP) is 2.78. The molecule has 0 bridgehead atoms. The summed E-state index contributed by atoms with van der Waals surface area (Å²) in [5.41, 5.74) is -1.99. The molecule has 0 saturated carbocycles. The van der Waals surface area contributed by atoms with Gasteiger partial charge in [0.05, 0.1) is 12.5 Å². The van der Waals surface area contributed by atoms with E-state index in [-0.39, 0.29) is 0 Å². The summed E-state index contributed by atoms with van der Waals surface area (Å²) in [4.78, 5) is 26.3. The van der Waals surface area contributed by atoms with Gasteiger partial charge in [0.1, 0.15) is 11.2 Å². The predicted molar refractivity (Wildman–Crippen MR) is 62.9 cm³/mol. The van der Waals surface area contributed by atoms with E-state index >= 15 is 0 Å². The molecular formula is C13H7F4NO3. The lowest BCUT2D eigenvalue weighted by molar-refractivity contribution is 0.0594. The molecule has 0 atom stereocenters. The first-order chi connectivity index (χ1) is 9.79. The Balaban J connectivity index is 3.03. The van der Waals surface area contributed by atoms with Crippen LogP contribution in [0, 0.1) is 23.3 Å². The lowest BCUT2D eigenvalue weighted by Crippen LogP contribution is -2.11. The van der Waals surface area contributed by atoms with Crippen LogP contribution < -0.4 is 0 Å². The number of carbonyl (C=O) groups excluding carboxylic acids is 2. The SMILES string of the molecule is COC(=O)c1cc(C(C)=O)c2c(F)c(F)c(F)c(F)c2n1. The number of ketones is 1. The standard InChI is InChI=1S/C13H7F4NO3/c1-4(19)5-3-6(13(20)21-2)18-12-7(5)8(14)9(15)10(16)11(12)17/h3H,1-2H3. The third-order valence-electron chi connectivity index (χ3n) is 2.80. The van der Waals surface area contributed by atoms with E-state index in [1.54, 1.807) is 0 Å². The second-order valence-electron chi connectivity index (χ2n) is 4.08. The second-order valence-corrected chi connectivity index (χ2v) is 4.08. The smallest absolute Gasteiger partial charge is 0.356 e. The number of pyridine rings is 1. The van der Waals surface area contributed by atoms with Crippen molar-refractivity contribution in [2.24, 2.45) is 0 Å². The van der Waals surface area contributed by atoms with Crippen LogP contribution in [0.5, 0.6) is 0 Å². The van der Waals surface area contributed by atoms with Crippen LogP contribution in [0.15, 0.2) is 6.07 Å². The normalized spacial score (nSPS) is 10.8. The summed E-state index contributed by atoms with van der Waals surface area (Å²) in [6.07, 6.45) is 0. The van der Waals surface area contributed by atoms with Gasteiger partial charge in [0.2, 0.25) is 0 Å². The van der Waals surface area contributed by atoms with Crippen LogP contribution in [0.4, 0.5) is 17.6 Å². The molecule has 1 heterocycles. The number of methoxy groups -OCH3 is 1. The summed E-state index contributed by atoms with van der Waals surface area (Å²) in [7, 11) is 1.00. The van der Waals surface area contributed by atoms with Gasteiger partial charge in [-0.3, -0.25) is 4.79 Å². The molecule has 0 saturated heterocycles. The van der Waals surface area contributed by atoms with Crippen molar-refractivity contribution in [1.29, 1.82) is 0 Å². The summed E-state index contributed by atoms with van der Waals surface area (Å²) in [5.74, 6) is -9.50. The Hall–Kier alpha value is -2.51. The zero-order valence-corrected chi connectivity index (χ0v) is 10.8. The number of carbonyl (C=O) groups is 2. The summed E-state index contributed by atoms with van der Waals surface area (Å²) in [6, 6.07) is 0.830. The van der Waals surface area contributed by atoms with Crippen molar-refractivity contribution in [2.75, 3.05) is 7.11 Å². The van der Waals surface area contributed by atoms with E-state index in [4.69, 9.17) is 0 Å². The first-order valence-corrected chi connectivity index (χ1v) is 5.55. The van der Waals surface area contributed by atoms with E-state index in [9.17, 15) is 27.2 Å². The number of rotatable bonds is 2. The van der Waals surface area contributed by atoms with E-state index in [0.717, 1.165) is 20.1 Å². The summed E-state index contributed by atoms with van der Waals surface area (Å²) >= 11 is 0. The lowest BCUT2D eigenvalue weighted by Gasteiger charge is -2.09. The van der Waals surface area contributed by atoms with Crippen molar-refractivity contribution in [3.8, 4) is 0 Å². The average Bonchev–Trinajstić information content (AvgIpc) is 2.48. The average molecular weight is 301 g/mol. The number of halogens is 4. The van der Waals surface area contributed by atoms with Crippen molar-refractivity contribution in [3.05, 3.63) is 40.6 Å². The van der Waals surface area contributed by atoms with Gasteiger partial charge in [0, 0.05) is 5.56 Å². The Morgan fingerprint density at radius 1 is 1.05 bits per heavy atom. The van der Waals surface area contributed by atoms with Gasteiger partial charge in [-0.2, -0.15) is 0 Å². The molecule has 0 fully saturated rings. The molecule has 4 nitrogen and oxygen atoms in total. The molecule has 0 aliphatic carbocycles. The first kappa shape index (κ1) is 14.9. The first-order valence-electron chi connectivity index (χ1n) is 5.55. The maximum absolute atomic E-state index is 13.8. The van der Waals surface area contributed by atoms with Crippen LogP contribution in [0.2, 0.25) is 0 Å². The topological polar surface area (TPSA) is 56.3 Å². The molecule has 0 aliphatic heterocycles. The molecule has 2 rings (SSSR count). The molecular weight excluding hydrogens is 294 g/mol. The molecule has 2 aromatic rings. The van der Waals surface area contributed by atoms with Crippen molar-refractivity contribution >= 4 is 22.7 Å². The molecule has 110 valence electrons. The third-order valence-corrected chi connectivity index (χ3v) is 2.80. The molecule has 0 amide bonds. The molecule has 1 aromatic carbocycles. The summed E-state index contributed by atoms with van der Waals surface area (Å²) in [5, 5.41) is -0.827. The molecule has 8 heteroatoms. The highest BCUT2D eigenvalue weighted by Crippen LogP contribution is 2.29. The Morgan fingerprint density at radius 3 is 2.14 bits per heavy atom. The van der Waals surface area contributed by atoms with Gasteiger partial charge in [0.15, 0.2) is 29.1 Å². The number of Topliss-reactive ketones (excluding diaryl/α,β-unsaturated/α-hetero) is 1. The zero-order chi connectivity index (χ0) is 15.9. The van der Waals surface area contributed by atoms with Gasteiger partial charge in [0.25, 0.3) is 0 Å². The Bertz CT molecular complexity index is 789. The number of fused-ring (bicyclic) bond motifs is 1. The Morgan fingerprint density at radius 2 is 1.62 bits per heavy atom. The van der Waals surface area contributed by atoms with Gasteiger partial charge in [-0.05, 0) is 13.0 Å². The molecule has 0 N–H and O–H groups in total. The fourth-order valence-corrected chi connectivity index (χ4v) is 1.82. The van der Waals surface area contributed by atoms with Gasteiger partial charge in [-0.25, -0.2) is 27.3 Å². The van der Waals surface area contributed by atoms with Crippen LogP contribution in [0.1, 0.15) is 27.8 Å². The number of benzene rings is 1. The minimum absolute atomic E-state index is 0.504. The largest absolute Gasteiger partial charge is 0.464 e. The monoisotopic (exact) mass is 301 g/mol. The minimum atomic E-state index is -2.08. The van der Waals surface area contributed by atoms with E-state index in [0.29, 0.717) is 0 Å². The van der Waals surface area contributed by atoms with Crippen LogP contribution in [0.3, 0.4) is 0 Å². The van der Waals surface area contributed by atoms with E-state index < -0.39 is 57.2 Å². The number of hydrogen-bond donors (Lipinski definition) is 0. The lowest BCUT2D eigenvalue weighted by atomic mass is 10.0. The van der Waals surface area contributed by atoms with Crippen molar-refractivity contribution in [2.45, 2.75) is 6.92 Å². The summed E-state index contributed by atoms with van der Waals surface area (Å²) in [6.45, 7) is 0.994. The second kappa shape index (κ2) is 5.12. The number of hydrogen-bond acceptors (Lipinski definition) is 4. The fourth-order valence-electron chi connectivity index (χ4n) is 1.82. The number of nitrogens with zero attached hydrogens (tertiary/aromatic N) is 1. The Labute approximate surface area is 115 Å². The van der Waals surface area contributed by atoms with Crippen molar-refractivity contribution in [1.82, 2.24) is 4.98 Å². The zero-order valence-electron chi connectivity index (χ0n) is 10.8. The maximum Gasteiger partial charge on any atom is 0.356 e. The number of aromatic nitrogens is 1. The maximum atomic E-state index is 13.8. The van der Waals surface area contributed by atoms with E-state index in [1.807, 2.05) is 0 Å². The highest BCUT2D eigenvalue weighted by molar-refractivity contribution is 6.08. The molecule has 21 heavy (non-hydrogen) atoms. The fraction of sp³-hybridized carbons (Fsp3) is 0.154. The van der Waals surface area contributed by atoms with Crippen LogP contribution in [-0.2, 0) is 4.74 Å². The van der Waals surface area contributed by atoms with Crippen molar-refractivity contribution < 1.29 is 31.9 Å². The van der Waals surface area contributed by atoms with Gasteiger partial charge < -0.3 is 4.74 Å². The highest BCUT2D eigenvalue weighted by atomic mass is 19.2. The molecule has 0 radical (unpaired) electrons. The van der Waals surface area contributed by atoms with Gasteiger partial charge in [-0.15, -0.1) is 0 Å². The van der Waals surface area contributed by atoms with Crippen LogP contribution in [0.25, 0.3) is 10.9 Å². The quantitative estimate of drug-likeness (QED) is 0.281. The van der Waals surface area contributed by atoms with Gasteiger partial charge >= 0.3 is 5.97 Å².